The van der Waals surface area contributed by atoms with Crippen LogP contribution in [0.15, 0.2) is 9.81 Å². The molecule has 0 unspecified atom stereocenters. The van der Waals surface area contributed by atoms with Crippen LogP contribution in [0.4, 0.5) is 0 Å². The van der Waals surface area contributed by atoms with E-state index < -0.39 is 11.9 Å². The third kappa shape index (κ3) is 1.27. The molecule has 0 saturated carbocycles. The number of carbonyl (C=O) groups excluding carboxylic acids is 2. The molecule has 0 amide bonds. The van der Waals surface area contributed by atoms with Crippen molar-refractivity contribution < 1.29 is 14.3 Å². The van der Waals surface area contributed by atoms with Gasteiger partial charge in [0.05, 0.1) is 0 Å². The van der Waals surface area contributed by atoms with E-state index in [-0.39, 0.29) is 0 Å². The lowest BCUT2D eigenvalue weighted by molar-refractivity contribution is -0.150. The predicted octanol–water partition coefficient (Wildman–Crippen LogP) is 1.15. The molecule has 64 valence electrons. The van der Waals surface area contributed by atoms with Gasteiger partial charge in [-0.25, -0.2) is 9.59 Å². The van der Waals surface area contributed by atoms with E-state index in [0.29, 0.717) is 9.81 Å². The van der Waals surface area contributed by atoms with Crippen molar-refractivity contribution >= 4 is 35.5 Å². The van der Waals surface area contributed by atoms with Crippen LogP contribution in [0.3, 0.4) is 0 Å². The molecule has 0 bridgehead atoms. The molecule has 2 heterocycles. The number of thioether (sulfide) groups is 2. The Morgan fingerprint density at radius 3 is 2.00 bits per heavy atom. The number of cyclic esters (lactones) is 2. The highest BCUT2D eigenvalue weighted by molar-refractivity contribution is 8.08. The molecule has 0 radical (unpaired) electrons. The van der Waals surface area contributed by atoms with Gasteiger partial charge in [0.25, 0.3) is 0 Å². The smallest absolute Gasteiger partial charge is 0.353 e. The quantitative estimate of drug-likeness (QED) is 0.435. The van der Waals surface area contributed by atoms with E-state index in [4.69, 9.17) is 0 Å². The third-order valence-electron chi connectivity index (χ3n) is 1.54. The van der Waals surface area contributed by atoms with Crippen molar-refractivity contribution in [1.82, 2.24) is 0 Å². The Balaban J connectivity index is 2.33. The molecule has 0 aromatic carbocycles. The van der Waals surface area contributed by atoms with E-state index in [9.17, 15) is 9.59 Å². The largest absolute Gasteiger partial charge is 0.385 e. The molecule has 0 spiro atoms. The molecule has 0 aliphatic carbocycles. The standard InChI is InChI=1S/C7H6O3S2/c8-6-4-5(7(9)10-6)12-3-1-2-11-4/h1-3H2. The number of carbonyl (C=O) groups is 2. The minimum Gasteiger partial charge on any atom is -0.385 e. The maximum atomic E-state index is 11.0. The van der Waals surface area contributed by atoms with Crippen LogP contribution >= 0.6 is 23.5 Å². The summed E-state index contributed by atoms with van der Waals surface area (Å²) in [5.41, 5.74) is 0. The van der Waals surface area contributed by atoms with E-state index in [2.05, 4.69) is 4.74 Å². The zero-order chi connectivity index (χ0) is 8.55. The predicted molar refractivity (Wildman–Crippen MR) is 47.7 cm³/mol. The second-order valence-corrected chi connectivity index (χ2v) is 4.60. The van der Waals surface area contributed by atoms with Crippen molar-refractivity contribution in [3.05, 3.63) is 9.81 Å². The second kappa shape index (κ2) is 3.14. The van der Waals surface area contributed by atoms with Gasteiger partial charge >= 0.3 is 11.9 Å². The van der Waals surface area contributed by atoms with Gasteiger partial charge in [-0.2, -0.15) is 0 Å². The lowest BCUT2D eigenvalue weighted by atomic mass is 10.5. The Kier molecular flexibility index (Phi) is 2.14. The summed E-state index contributed by atoms with van der Waals surface area (Å²) in [6.45, 7) is 0. The van der Waals surface area contributed by atoms with Gasteiger partial charge in [-0.15, -0.1) is 23.5 Å². The van der Waals surface area contributed by atoms with Crippen LogP contribution in [0.1, 0.15) is 6.42 Å². The summed E-state index contributed by atoms with van der Waals surface area (Å²) in [6, 6.07) is 0. The Bertz CT molecular complexity index is 256. The summed E-state index contributed by atoms with van der Waals surface area (Å²) >= 11 is 2.86. The van der Waals surface area contributed by atoms with Crippen molar-refractivity contribution in [3.8, 4) is 0 Å². The zero-order valence-corrected chi connectivity index (χ0v) is 7.80. The first-order valence-corrected chi connectivity index (χ1v) is 5.52. The molecule has 2 aliphatic rings. The maximum Gasteiger partial charge on any atom is 0.353 e. The Labute approximate surface area is 77.9 Å². The van der Waals surface area contributed by atoms with Gasteiger partial charge in [0.2, 0.25) is 0 Å². The van der Waals surface area contributed by atoms with Crippen LogP contribution in [-0.2, 0) is 14.3 Å². The highest BCUT2D eigenvalue weighted by Crippen LogP contribution is 2.37. The van der Waals surface area contributed by atoms with Crippen LogP contribution in [0.25, 0.3) is 0 Å². The minimum absolute atomic E-state index is 0.464. The van der Waals surface area contributed by atoms with Crippen molar-refractivity contribution in [2.24, 2.45) is 0 Å². The van der Waals surface area contributed by atoms with E-state index in [0.717, 1.165) is 17.9 Å². The summed E-state index contributed by atoms with van der Waals surface area (Å²) < 4.78 is 4.47. The molecule has 12 heavy (non-hydrogen) atoms. The SMILES string of the molecule is O=C1OC(=O)C2=C1SCCCS2. The van der Waals surface area contributed by atoms with E-state index in [1.807, 2.05) is 0 Å². The molecule has 0 atom stereocenters. The number of hydrogen-bond donors (Lipinski definition) is 0. The minimum atomic E-state index is -0.464. The monoisotopic (exact) mass is 202 g/mol. The van der Waals surface area contributed by atoms with Crippen molar-refractivity contribution in [2.75, 3.05) is 11.5 Å². The molecule has 0 saturated heterocycles. The molecule has 2 aliphatic heterocycles. The summed E-state index contributed by atoms with van der Waals surface area (Å²) in [6.07, 6.45) is 1.03. The highest BCUT2D eigenvalue weighted by Gasteiger charge is 2.34. The van der Waals surface area contributed by atoms with E-state index in [1.165, 1.54) is 23.5 Å². The van der Waals surface area contributed by atoms with Crippen LogP contribution in [0.2, 0.25) is 0 Å². The normalized spacial score (nSPS) is 23.7. The first kappa shape index (κ1) is 8.19. The third-order valence-corrected chi connectivity index (χ3v) is 3.98. The molecular weight excluding hydrogens is 196 g/mol. The molecule has 0 fully saturated rings. The van der Waals surface area contributed by atoms with Gasteiger partial charge in [0.1, 0.15) is 9.81 Å². The average Bonchev–Trinajstić information content (AvgIpc) is 2.29. The number of rotatable bonds is 0. The highest BCUT2D eigenvalue weighted by atomic mass is 32.2. The topological polar surface area (TPSA) is 43.4 Å². The lowest BCUT2D eigenvalue weighted by Gasteiger charge is -1.95. The summed E-state index contributed by atoms with van der Waals surface area (Å²) in [4.78, 5) is 23.1. The molecule has 5 heteroatoms. The fourth-order valence-corrected chi connectivity index (χ4v) is 3.29. The van der Waals surface area contributed by atoms with Crippen molar-refractivity contribution in [2.45, 2.75) is 6.42 Å². The number of hydrogen-bond acceptors (Lipinski definition) is 5. The van der Waals surface area contributed by atoms with Crippen LogP contribution < -0.4 is 0 Å². The average molecular weight is 202 g/mol. The van der Waals surface area contributed by atoms with Gasteiger partial charge in [0.15, 0.2) is 0 Å². The fraction of sp³-hybridized carbons (Fsp3) is 0.429. The van der Waals surface area contributed by atoms with Gasteiger partial charge in [-0.3, -0.25) is 0 Å². The van der Waals surface area contributed by atoms with Gasteiger partial charge in [-0.05, 0) is 17.9 Å². The van der Waals surface area contributed by atoms with Crippen molar-refractivity contribution in [1.29, 1.82) is 0 Å². The molecule has 0 aromatic heterocycles. The van der Waals surface area contributed by atoms with Crippen LogP contribution in [-0.4, -0.2) is 23.4 Å². The molecule has 0 N–H and O–H groups in total. The molecule has 0 aromatic rings. The Morgan fingerprint density at radius 2 is 1.50 bits per heavy atom. The maximum absolute atomic E-state index is 11.0. The first-order chi connectivity index (χ1) is 5.79. The van der Waals surface area contributed by atoms with E-state index >= 15 is 0 Å². The van der Waals surface area contributed by atoms with Crippen molar-refractivity contribution in [3.63, 3.8) is 0 Å². The fourth-order valence-electron chi connectivity index (χ4n) is 1.02. The van der Waals surface area contributed by atoms with Crippen LogP contribution in [0.5, 0.6) is 0 Å². The number of ether oxygens (including phenoxy) is 1. The zero-order valence-electron chi connectivity index (χ0n) is 6.16. The molecule has 3 nitrogen and oxygen atoms in total. The summed E-state index contributed by atoms with van der Waals surface area (Å²) in [5.74, 6) is 0.867. The summed E-state index contributed by atoms with van der Waals surface area (Å²) in [7, 11) is 0. The van der Waals surface area contributed by atoms with Gasteiger partial charge < -0.3 is 4.74 Å². The Hall–Kier alpha value is -0.420. The number of esters is 2. The molecular formula is C7H6O3S2. The summed E-state index contributed by atoms with van der Waals surface area (Å²) in [5, 5.41) is 0. The Morgan fingerprint density at radius 1 is 1.00 bits per heavy atom. The second-order valence-electron chi connectivity index (χ2n) is 2.39. The first-order valence-electron chi connectivity index (χ1n) is 3.55. The van der Waals surface area contributed by atoms with Crippen LogP contribution in [0, 0.1) is 0 Å². The lowest BCUT2D eigenvalue weighted by Crippen LogP contribution is -2.02. The van der Waals surface area contributed by atoms with E-state index in [1.54, 1.807) is 0 Å². The van der Waals surface area contributed by atoms with Gasteiger partial charge in [0, 0.05) is 0 Å². The molecule has 2 rings (SSSR count). The van der Waals surface area contributed by atoms with Gasteiger partial charge in [-0.1, -0.05) is 0 Å².